The molecular formula is C16H17N2O4-. The SMILES string of the molecule is O=C(Cc1c(C(=O)[O-])[nH]c2ccccc12)NCC1CCCO1. The average Bonchev–Trinajstić information content (AvgIpc) is 3.13. The van der Waals surface area contributed by atoms with Crippen molar-refractivity contribution < 1.29 is 19.4 Å². The molecule has 2 aromatic rings. The lowest BCUT2D eigenvalue weighted by molar-refractivity contribution is -0.255. The maximum atomic E-state index is 12.1. The molecule has 6 nitrogen and oxygen atoms in total. The third-order valence-electron chi connectivity index (χ3n) is 3.91. The largest absolute Gasteiger partial charge is 0.543 e. The van der Waals surface area contributed by atoms with E-state index in [9.17, 15) is 14.7 Å². The van der Waals surface area contributed by atoms with Gasteiger partial charge in [0.1, 0.15) is 0 Å². The van der Waals surface area contributed by atoms with Crippen molar-refractivity contribution in [3.05, 3.63) is 35.5 Å². The van der Waals surface area contributed by atoms with Crippen molar-refractivity contribution in [2.24, 2.45) is 0 Å². The number of amides is 1. The maximum absolute atomic E-state index is 12.1. The summed E-state index contributed by atoms with van der Waals surface area (Å²) < 4.78 is 5.45. The lowest BCUT2D eigenvalue weighted by Gasteiger charge is -2.11. The van der Waals surface area contributed by atoms with E-state index >= 15 is 0 Å². The lowest BCUT2D eigenvalue weighted by atomic mass is 10.1. The molecule has 0 aliphatic carbocycles. The van der Waals surface area contributed by atoms with Crippen molar-refractivity contribution in [2.45, 2.75) is 25.4 Å². The van der Waals surface area contributed by atoms with Crippen molar-refractivity contribution in [2.75, 3.05) is 13.2 Å². The molecule has 116 valence electrons. The van der Waals surface area contributed by atoms with E-state index in [0.717, 1.165) is 24.8 Å². The van der Waals surface area contributed by atoms with Crippen LogP contribution in [0.1, 0.15) is 28.9 Å². The first kappa shape index (κ1) is 14.6. The zero-order valence-corrected chi connectivity index (χ0v) is 12.1. The Kier molecular flexibility index (Phi) is 4.11. The van der Waals surface area contributed by atoms with Gasteiger partial charge in [-0.1, -0.05) is 18.2 Å². The van der Waals surface area contributed by atoms with Gasteiger partial charge in [-0.3, -0.25) is 4.79 Å². The quantitative estimate of drug-likeness (QED) is 0.834. The fourth-order valence-corrected chi connectivity index (χ4v) is 2.81. The monoisotopic (exact) mass is 301 g/mol. The number of fused-ring (bicyclic) bond motifs is 1. The van der Waals surface area contributed by atoms with Gasteiger partial charge in [-0.25, -0.2) is 0 Å². The Morgan fingerprint density at radius 3 is 2.91 bits per heavy atom. The molecule has 1 amide bonds. The molecule has 22 heavy (non-hydrogen) atoms. The number of rotatable bonds is 5. The Morgan fingerprint density at radius 2 is 2.18 bits per heavy atom. The normalized spacial score (nSPS) is 17.7. The van der Waals surface area contributed by atoms with Crippen molar-refractivity contribution in [1.29, 1.82) is 0 Å². The number of nitrogens with one attached hydrogen (secondary N) is 2. The number of benzene rings is 1. The number of carbonyl (C=O) groups is 2. The molecule has 2 heterocycles. The van der Waals surface area contributed by atoms with E-state index in [4.69, 9.17) is 4.74 Å². The number of para-hydroxylation sites is 1. The first-order valence-corrected chi connectivity index (χ1v) is 7.34. The van der Waals surface area contributed by atoms with Crippen LogP contribution in [0.25, 0.3) is 10.9 Å². The maximum Gasteiger partial charge on any atom is 0.224 e. The molecular weight excluding hydrogens is 284 g/mol. The van der Waals surface area contributed by atoms with E-state index in [-0.39, 0.29) is 24.1 Å². The van der Waals surface area contributed by atoms with Gasteiger partial charge in [-0.2, -0.15) is 0 Å². The van der Waals surface area contributed by atoms with Crippen molar-refractivity contribution >= 4 is 22.8 Å². The highest BCUT2D eigenvalue weighted by atomic mass is 16.5. The second-order valence-corrected chi connectivity index (χ2v) is 5.43. The Bertz CT molecular complexity index is 701. The fourth-order valence-electron chi connectivity index (χ4n) is 2.81. The van der Waals surface area contributed by atoms with Gasteiger partial charge in [0.05, 0.1) is 24.2 Å². The predicted molar refractivity (Wildman–Crippen MR) is 78.3 cm³/mol. The van der Waals surface area contributed by atoms with Crippen LogP contribution in [-0.4, -0.2) is 36.1 Å². The van der Waals surface area contributed by atoms with Gasteiger partial charge in [-0.15, -0.1) is 0 Å². The summed E-state index contributed by atoms with van der Waals surface area (Å²) in [5, 5.41) is 14.8. The highest BCUT2D eigenvalue weighted by molar-refractivity contribution is 5.99. The molecule has 0 bridgehead atoms. The summed E-state index contributed by atoms with van der Waals surface area (Å²) in [6.07, 6.45) is 2.02. The number of aromatic amines is 1. The van der Waals surface area contributed by atoms with Gasteiger partial charge in [0.25, 0.3) is 0 Å². The number of H-pyrrole nitrogens is 1. The zero-order chi connectivity index (χ0) is 15.5. The van der Waals surface area contributed by atoms with Crippen LogP contribution in [0.4, 0.5) is 0 Å². The third kappa shape index (κ3) is 2.96. The summed E-state index contributed by atoms with van der Waals surface area (Å²) in [7, 11) is 0. The van der Waals surface area contributed by atoms with Gasteiger partial charge in [0, 0.05) is 24.1 Å². The second kappa shape index (κ2) is 6.19. The number of carboxylic acid groups (broad SMARTS) is 1. The molecule has 0 saturated carbocycles. The van der Waals surface area contributed by atoms with E-state index in [1.54, 1.807) is 18.2 Å². The second-order valence-electron chi connectivity index (χ2n) is 5.43. The van der Waals surface area contributed by atoms with Crippen molar-refractivity contribution in [3.63, 3.8) is 0 Å². The van der Waals surface area contributed by atoms with Crippen LogP contribution in [0.15, 0.2) is 24.3 Å². The van der Waals surface area contributed by atoms with Crippen LogP contribution in [0.2, 0.25) is 0 Å². The van der Waals surface area contributed by atoms with Crippen molar-refractivity contribution in [1.82, 2.24) is 10.3 Å². The number of carboxylic acids is 1. The molecule has 1 aliphatic heterocycles. The van der Waals surface area contributed by atoms with Crippen LogP contribution in [0, 0.1) is 0 Å². The topological polar surface area (TPSA) is 94.3 Å². The molecule has 1 unspecified atom stereocenters. The molecule has 1 atom stereocenters. The lowest BCUT2D eigenvalue weighted by Crippen LogP contribution is -2.33. The van der Waals surface area contributed by atoms with Gasteiger partial charge in [-0.05, 0) is 24.5 Å². The molecule has 0 radical (unpaired) electrons. The van der Waals surface area contributed by atoms with Crippen LogP contribution in [-0.2, 0) is 16.0 Å². The van der Waals surface area contributed by atoms with Crippen LogP contribution in [0.3, 0.4) is 0 Å². The summed E-state index contributed by atoms with van der Waals surface area (Å²) in [5.41, 5.74) is 1.11. The Hall–Kier alpha value is -2.34. The molecule has 1 aromatic heterocycles. The molecule has 2 N–H and O–H groups in total. The van der Waals surface area contributed by atoms with Crippen LogP contribution >= 0.6 is 0 Å². The van der Waals surface area contributed by atoms with Crippen LogP contribution < -0.4 is 10.4 Å². The minimum Gasteiger partial charge on any atom is -0.543 e. The number of hydrogen-bond acceptors (Lipinski definition) is 4. The van der Waals surface area contributed by atoms with Gasteiger partial charge in [0.15, 0.2) is 0 Å². The summed E-state index contributed by atoms with van der Waals surface area (Å²) in [6.45, 7) is 1.19. The molecule has 3 rings (SSSR count). The standard InChI is InChI=1S/C16H18N2O4/c19-14(17-9-10-4-3-7-22-10)8-12-11-5-1-2-6-13(11)18-15(12)16(20)21/h1-2,5-6,10,18H,3-4,7-9H2,(H,17,19)(H,20,21)/p-1. The minimum atomic E-state index is -1.31. The smallest absolute Gasteiger partial charge is 0.224 e. The molecule has 1 fully saturated rings. The van der Waals surface area contributed by atoms with Gasteiger partial charge >= 0.3 is 0 Å². The first-order valence-electron chi connectivity index (χ1n) is 7.34. The predicted octanol–water partition coefficient (Wildman–Crippen LogP) is 0.369. The van der Waals surface area contributed by atoms with E-state index in [2.05, 4.69) is 10.3 Å². The van der Waals surface area contributed by atoms with E-state index in [1.807, 2.05) is 6.07 Å². The number of hydrogen-bond donors (Lipinski definition) is 2. The average molecular weight is 301 g/mol. The van der Waals surface area contributed by atoms with Gasteiger partial charge < -0.3 is 24.9 Å². The van der Waals surface area contributed by atoms with E-state index < -0.39 is 5.97 Å². The summed E-state index contributed by atoms with van der Waals surface area (Å²) in [5.74, 6) is -1.53. The Morgan fingerprint density at radius 1 is 1.36 bits per heavy atom. The summed E-state index contributed by atoms with van der Waals surface area (Å²) in [4.78, 5) is 26.1. The molecule has 0 spiro atoms. The minimum absolute atomic E-state index is 0.0000463. The van der Waals surface area contributed by atoms with Crippen LogP contribution in [0.5, 0.6) is 0 Å². The highest BCUT2D eigenvalue weighted by Crippen LogP contribution is 2.22. The van der Waals surface area contributed by atoms with E-state index in [1.165, 1.54) is 0 Å². The number of carbonyl (C=O) groups excluding carboxylic acids is 2. The highest BCUT2D eigenvalue weighted by Gasteiger charge is 2.18. The third-order valence-corrected chi connectivity index (χ3v) is 3.91. The Balaban J connectivity index is 1.75. The summed E-state index contributed by atoms with van der Waals surface area (Å²) >= 11 is 0. The number of aromatic nitrogens is 1. The fraction of sp³-hybridized carbons (Fsp3) is 0.375. The summed E-state index contributed by atoms with van der Waals surface area (Å²) in [6, 6.07) is 7.18. The molecule has 1 aromatic carbocycles. The molecule has 1 saturated heterocycles. The molecule has 6 heteroatoms. The number of ether oxygens (including phenoxy) is 1. The van der Waals surface area contributed by atoms with E-state index in [0.29, 0.717) is 17.6 Å². The Labute approximate surface area is 127 Å². The van der Waals surface area contributed by atoms with Gasteiger partial charge in [0.2, 0.25) is 5.91 Å². The molecule has 1 aliphatic rings. The van der Waals surface area contributed by atoms with Crippen molar-refractivity contribution in [3.8, 4) is 0 Å². The number of aromatic carboxylic acids is 1. The zero-order valence-electron chi connectivity index (χ0n) is 12.1. The first-order chi connectivity index (χ1) is 10.6.